The fourth-order valence-electron chi connectivity index (χ4n) is 1.38. The van der Waals surface area contributed by atoms with Gasteiger partial charge in [-0.2, -0.15) is 0 Å². The molecule has 0 fully saturated rings. The van der Waals surface area contributed by atoms with Gasteiger partial charge in [0.1, 0.15) is 11.5 Å². The summed E-state index contributed by atoms with van der Waals surface area (Å²) in [5.74, 6) is 0.671. The van der Waals surface area contributed by atoms with Crippen molar-refractivity contribution in [1.82, 2.24) is 0 Å². The van der Waals surface area contributed by atoms with Gasteiger partial charge in [-0.3, -0.25) is 4.79 Å². The van der Waals surface area contributed by atoms with Gasteiger partial charge in [0.05, 0.1) is 0 Å². The Labute approximate surface area is 104 Å². The third kappa shape index (κ3) is 2.98. The summed E-state index contributed by atoms with van der Waals surface area (Å²) in [6, 6.07) is 13.7. The van der Waals surface area contributed by atoms with Gasteiger partial charge in [0.2, 0.25) is 5.91 Å². The van der Waals surface area contributed by atoms with Gasteiger partial charge in [0, 0.05) is 10.6 Å². The molecule has 17 heavy (non-hydrogen) atoms. The molecule has 0 bridgehead atoms. The van der Waals surface area contributed by atoms with Crippen LogP contribution in [0.5, 0.6) is 11.5 Å². The van der Waals surface area contributed by atoms with Crippen molar-refractivity contribution in [2.75, 3.05) is 0 Å². The largest absolute Gasteiger partial charge is 0.457 e. The number of carbonyl (C=O) groups excluding carboxylic acids is 1. The third-order valence-corrected chi connectivity index (χ3v) is 2.39. The van der Waals surface area contributed by atoms with Crippen LogP contribution < -0.4 is 10.5 Å². The van der Waals surface area contributed by atoms with Gasteiger partial charge in [0.15, 0.2) is 0 Å². The Hall–Kier alpha value is -2.00. The van der Waals surface area contributed by atoms with Crippen molar-refractivity contribution >= 4 is 17.5 Å². The van der Waals surface area contributed by atoms with E-state index in [0.29, 0.717) is 22.1 Å². The fourth-order valence-corrected chi connectivity index (χ4v) is 1.56. The number of ether oxygens (including phenoxy) is 1. The summed E-state index contributed by atoms with van der Waals surface area (Å²) >= 11 is 5.84. The maximum Gasteiger partial charge on any atom is 0.248 e. The highest BCUT2D eigenvalue weighted by Gasteiger charge is 2.03. The van der Waals surface area contributed by atoms with E-state index >= 15 is 0 Å². The molecule has 0 saturated heterocycles. The molecule has 4 heteroatoms. The summed E-state index contributed by atoms with van der Waals surface area (Å²) < 4.78 is 5.56. The number of hydrogen-bond acceptors (Lipinski definition) is 2. The topological polar surface area (TPSA) is 52.3 Å². The van der Waals surface area contributed by atoms with Gasteiger partial charge in [-0.1, -0.05) is 23.7 Å². The van der Waals surface area contributed by atoms with E-state index in [1.807, 2.05) is 0 Å². The number of primary amides is 1. The zero-order chi connectivity index (χ0) is 12.3. The lowest BCUT2D eigenvalue weighted by atomic mass is 10.2. The van der Waals surface area contributed by atoms with Gasteiger partial charge in [-0.25, -0.2) is 0 Å². The minimum absolute atomic E-state index is 0.407. The molecule has 2 rings (SSSR count). The van der Waals surface area contributed by atoms with Crippen LogP contribution in [0.1, 0.15) is 10.4 Å². The van der Waals surface area contributed by atoms with Crippen molar-refractivity contribution in [1.29, 1.82) is 0 Å². The SMILES string of the molecule is NC(=O)c1cccc(Oc2cccc(Cl)c2)c1. The third-order valence-electron chi connectivity index (χ3n) is 2.15. The number of amides is 1. The zero-order valence-electron chi connectivity index (χ0n) is 8.89. The molecule has 1 amide bonds. The van der Waals surface area contributed by atoms with Crippen molar-refractivity contribution in [2.45, 2.75) is 0 Å². The Morgan fingerprint density at radius 3 is 2.35 bits per heavy atom. The van der Waals surface area contributed by atoms with Crippen LogP contribution in [0.3, 0.4) is 0 Å². The monoisotopic (exact) mass is 247 g/mol. The van der Waals surface area contributed by atoms with Gasteiger partial charge in [-0.05, 0) is 36.4 Å². The first-order valence-corrected chi connectivity index (χ1v) is 5.36. The number of carbonyl (C=O) groups is 1. The summed E-state index contributed by atoms with van der Waals surface area (Å²) in [6.07, 6.45) is 0. The van der Waals surface area contributed by atoms with E-state index < -0.39 is 5.91 Å². The molecule has 0 atom stereocenters. The normalized spacial score (nSPS) is 9.94. The van der Waals surface area contributed by atoms with Crippen LogP contribution in [0.25, 0.3) is 0 Å². The van der Waals surface area contributed by atoms with Gasteiger partial charge in [-0.15, -0.1) is 0 Å². The van der Waals surface area contributed by atoms with Crippen LogP contribution in [-0.2, 0) is 0 Å². The Bertz CT molecular complexity index is 555. The fraction of sp³-hybridized carbons (Fsp3) is 0. The zero-order valence-corrected chi connectivity index (χ0v) is 9.65. The predicted molar refractivity (Wildman–Crippen MR) is 66.5 cm³/mol. The molecule has 0 aliphatic carbocycles. The molecule has 0 aliphatic heterocycles. The quantitative estimate of drug-likeness (QED) is 0.905. The summed E-state index contributed by atoms with van der Waals surface area (Å²) in [5, 5.41) is 0.591. The Morgan fingerprint density at radius 1 is 1.06 bits per heavy atom. The Morgan fingerprint density at radius 2 is 1.71 bits per heavy atom. The van der Waals surface area contributed by atoms with E-state index in [1.54, 1.807) is 48.5 Å². The molecular formula is C13H10ClNO2. The van der Waals surface area contributed by atoms with Crippen LogP contribution in [0, 0.1) is 0 Å². The van der Waals surface area contributed by atoms with Crippen LogP contribution in [-0.4, -0.2) is 5.91 Å². The number of nitrogens with two attached hydrogens (primary N) is 1. The predicted octanol–water partition coefficient (Wildman–Crippen LogP) is 3.23. The van der Waals surface area contributed by atoms with Crippen LogP contribution >= 0.6 is 11.6 Å². The van der Waals surface area contributed by atoms with Gasteiger partial charge < -0.3 is 10.5 Å². The number of hydrogen-bond donors (Lipinski definition) is 1. The highest BCUT2D eigenvalue weighted by molar-refractivity contribution is 6.30. The second-order valence-electron chi connectivity index (χ2n) is 3.45. The minimum Gasteiger partial charge on any atom is -0.457 e. The molecular weight excluding hydrogens is 238 g/mol. The van der Waals surface area contributed by atoms with E-state index in [4.69, 9.17) is 22.1 Å². The molecule has 0 heterocycles. The molecule has 2 N–H and O–H groups in total. The summed E-state index contributed by atoms with van der Waals surface area (Å²) in [7, 11) is 0. The molecule has 0 radical (unpaired) electrons. The van der Waals surface area contributed by atoms with Gasteiger partial charge >= 0.3 is 0 Å². The lowest BCUT2D eigenvalue weighted by molar-refractivity contribution is 0.1000. The summed E-state index contributed by atoms with van der Waals surface area (Å²) in [6.45, 7) is 0. The van der Waals surface area contributed by atoms with Crippen molar-refractivity contribution in [3.8, 4) is 11.5 Å². The van der Waals surface area contributed by atoms with Crippen LogP contribution in [0.15, 0.2) is 48.5 Å². The molecule has 86 valence electrons. The highest BCUT2D eigenvalue weighted by atomic mass is 35.5. The smallest absolute Gasteiger partial charge is 0.248 e. The number of rotatable bonds is 3. The highest BCUT2D eigenvalue weighted by Crippen LogP contribution is 2.24. The van der Waals surface area contributed by atoms with Crippen molar-refractivity contribution < 1.29 is 9.53 Å². The molecule has 2 aromatic rings. The Balaban J connectivity index is 2.24. The van der Waals surface area contributed by atoms with E-state index in [9.17, 15) is 4.79 Å². The molecule has 0 aromatic heterocycles. The maximum absolute atomic E-state index is 11.0. The lowest BCUT2D eigenvalue weighted by Crippen LogP contribution is -2.10. The van der Waals surface area contributed by atoms with Crippen molar-refractivity contribution in [2.24, 2.45) is 5.73 Å². The van der Waals surface area contributed by atoms with Crippen molar-refractivity contribution in [3.05, 3.63) is 59.1 Å². The average molecular weight is 248 g/mol. The minimum atomic E-state index is -0.485. The summed E-state index contributed by atoms with van der Waals surface area (Å²) in [5.41, 5.74) is 5.59. The molecule has 3 nitrogen and oxygen atoms in total. The van der Waals surface area contributed by atoms with E-state index in [2.05, 4.69) is 0 Å². The van der Waals surface area contributed by atoms with E-state index in [1.165, 1.54) is 0 Å². The second kappa shape index (κ2) is 4.89. The first-order valence-electron chi connectivity index (χ1n) is 4.98. The summed E-state index contributed by atoms with van der Waals surface area (Å²) in [4.78, 5) is 11.0. The van der Waals surface area contributed by atoms with Crippen LogP contribution in [0.2, 0.25) is 5.02 Å². The Kier molecular flexibility index (Phi) is 3.30. The van der Waals surface area contributed by atoms with E-state index in [-0.39, 0.29) is 0 Å². The van der Waals surface area contributed by atoms with Crippen LogP contribution in [0.4, 0.5) is 0 Å². The first-order chi connectivity index (χ1) is 8.15. The standard InChI is InChI=1S/C13H10ClNO2/c14-10-4-2-6-12(8-10)17-11-5-1-3-9(7-11)13(15)16/h1-8H,(H2,15,16). The molecule has 0 spiro atoms. The number of halogens is 1. The van der Waals surface area contributed by atoms with Crippen molar-refractivity contribution in [3.63, 3.8) is 0 Å². The first kappa shape index (κ1) is 11.5. The second-order valence-corrected chi connectivity index (χ2v) is 3.89. The maximum atomic E-state index is 11.0. The van der Waals surface area contributed by atoms with Gasteiger partial charge in [0.25, 0.3) is 0 Å². The lowest BCUT2D eigenvalue weighted by Gasteiger charge is -2.06. The van der Waals surface area contributed by atoms with E-state index in [0.717, 1.165) is 0 Å². The molecule has 0 saturated carbocycles. The number of benzene rings is 2. The molecule has 0 aliphatic rings. The molecule has 0 unspecified atom stereocenters. The average Bonchev–Trinajstić information content (AvgIpc) is 2.29. The molecule has 2 aromatic carbocycles.